The highest BCUT2D eigenvalue weighted by Gasteiger charge is 2.16. The maximum absolute atomic E-state index is 6.36. The van der Waals surface area contributed by atoms with Crippen molar-refractivity contribution in [1.82, 2.24) is 5.32 Å². The molecule has 0 saturated carbocycles. The largest absolute Gasteiger partial charge is 0.310 e. The highest BCUT2D eigenvalue weighted by atomic mass is 79.9. The van der Waals surface area contributed by atoms with E-state index < -0.39 is 0 Å². The molecular formula is C14H14Br2ClNS. The van der Waals surface area contributed by atoms with Crippen molar-refractivity contribution in [3.8, 4) is 0 Å². The van der Waals surface area contributed by atoms with Gasteiger partial charge in [-0.3, -0.25) is 0 Å². The third kappa shape index (κ3) is 4.05. The van der Waals surface area contributed by atoms with Gasteiger partial charge in [0, 0.05) is 31.3 Å². The number of hydrogen-bond acceptors (Lipinski definition) is 2. The Morgan fingerprint density at radius 1 is 1.32 bits per heavy atom. The monoisotopic (exact) mass is 421 g/mol. The first-order valence-electron chi connectivity index (χ1n) is 6.02. The first-order chi connectivity index (χ1) is 9.11. The van der Waals surface area contributed by atoms with Crippen LogP contribution in [0.15, 0.2) is 38.6 Å². The van der Waals surface area contributed by atoms with Crippen LogP contribution in [0.3, 0.4) is 0 Å². The van der Waals surface area contributed by atoms with Gasteiger partial charge < -0.3 is 5.32 Å². The lowest BCUT2D eigenvalue weighted by Crippen LogP contribution is -2.23. The number of benzene rings is 1. The van der Waals surface area contributed by atoms with Crippen molar-refractivity contribution < 1.29 is 0 Å². The lowest BCUT2D eigenvalue weighted by molar-refractivity contribution is 0.553. The molecule has 0 spiro atoms. The summed E-state index contributed by atoms with van der Waals surface area (Å²) < 4.78 is 2.18. The van der Waals surface area contributed by atoms with E-state index in [1.807, 2.05) is 12.1 Å². The molecule has 5 heteroatoms. The Morgan fingerprint density at radius 2 is 2.11 bits per heavy atom. The van der Waals surface area contributed by atoms with Gasteiger partial charge in [-0.2, -0.15) is 0 Å². The highest BCUT2D eigenvalue weighted by molar-refractivity contribution is 9.10. The normalized spacial score (nSPS) is 12.6. The second kappa shape index (κ2) is 7.23. The molecule has 1 atom stereocenters. The molecule has 1 heterocycles. The van der Waals surface area contributed by atoms with Crippen LogP contribution in [0.4, 0.5) is 0 Å². The average Bonchev–Trinajstić information content (AvgIpc) is 2.75. The van der Waals surface area contributed by atoms with Gasteiger partial charge >= 0.3 is 0 Å². The van der Waals surface area contributed by atoms with Crippen LogP contribution in [0, 0.1) is 0 Å². The van der Waals surface area contributed by atoms with Crippen LogP contribution in [0.1, 0.15) is 23.4 Å². The van der Waals surface area contributed by atoms with Gasteiger partial charge in [-0.05, 0) is 51.6 Å². The quantitative estimate of drug-likeness (QED) is 0.639. The Kier molecular flexibility index (Phi) is 5.90. The Hall–Kier alpha value is 0.130. The Bertz CT molecular complexity index is 556. The summed E-state index contributed by atoms with van der Waals surface area (Å²) in [5.41, 5.74) is 1.15. The van der Waals surface area contributed by atoms with E-state index in [4.69, 9.17) is 11.6 Å². The lowest BCUT2D eigenvalue weighted by Gasteiger charge is -2.19. The first kappa shape index (κ1) is 15.5. The maximum atomic E-state index is 6.36. The van der Waals surface area contributed by atoms with E-state index in [9.17, 15) is 0 Å². The fourth-order valence-electron chi connectivity index (χ4n) is 1.98. The molecule has 2 aromatic rings. The summed E-state index contributed by atoms with van der Waals surface area (Å²) in [6.45, 7) is 3.03. The molecule has 0 saturated heterocycles. The molecule has 1 aromatic heterocycles. The van der Waals surface area contributed by atoms with Crippen molar-refractivity contribution in [1.29, 1.82) is 0 Å². The summed E-state index contributed by atoms with van der Waals surface area (Å²) in [4.78, 5) is 1.34. The lowest BCUT2D eigenvalue weighted by atomic mass is 10.0. The van der Waals surface area contributed by atoms with Gasteiger partial charge in [-0.25, -0.2) is 0 Å². The fourth-order valence-corrected chi connectivity index (χ4v) is 4.35. The SMILES string of the molecule is CCNC(Cc1sccc1Br)c1ccc(Br)cc1Cl. The minimum absolute atomic E-state index is 0.237. The highest BCUT2D eigenvalue weighted by Crippen LogP contribution is 2.32. The molecule has 0 radical (unpaired) electrons. The van der Waals surface area contributed by atoms with E-state index in [0.717, 1.165) is 28.0 Å². The van der Waals surface area contributed by atoms with Crippen molar-refractivity contribution in [3.05, 3.63) is 54.1 Å². The summed E-state index contributed by atoms with van der Waals surface area (Å²) in [5, 5.41) is 6.41. The predicted molar refractivity (Wildman–Crippen MR) is 91.3 cm³/mol. The van der Waals surface area contributed by atoms with Gasteiger partial charge in [-0.15, -0.1) is 11.3 Å². The number of rotatable bonds is 5. The average molecular weight is 424 g/mol. The number of halogens is 3. The van der Waals surface area contributed by atoms with Crippen LogP contribution in [-0.4, -0.2) is 6.54 Å². The van der Waals surface area contributed by atoms with E-state index in [1.54, 1.807) is 11.3 Å². The zero-order valence-electron chi connectivity index (χ0n) is 10.4. The topological polar surface area (TPSA) is 12.0 Å². The zero-order valence-corrected chi connectivity index (χ0v) is 15.2. The van der Waals surface area contributed by atoms with Crippen LogP contribution in [0.25, 0.3) is 0 Å². The first-order valence-corrected chi connectivity index (χ1v) is 8.86. The van der Waals surface area contributed by atoms with Crippen LogP contribution in [0.2, 0.25) is 5.02 Å². The fraction of sp³-hybridized carbons (Fsp3) is 0.286. The zero-order chi connectivity index (χ0) is 13.8. The molecule has 1 unspecified atom stereocenters. The van der Waals surface area contributed by atoms with Gasteiger partial charge in [0.2, 0.25) is 0 Å². The van der Waals surface area contributed by atoms with E-state index in [1.165, 1.54) is 9.35 Å². The number of hydrogen-bond donors (Lipinski definition) is 1. The molecule has 0 amide bonds. The third-order valence-electron chi connectivity index (χ3n) is 2.87. The smallest absolute Gasteiger partial charge is 0.0465 e. The Morgan fingerprint density at radius 3 is 2.68 bits per heavy atom. The summed E-state index contributed by atoms with van der Waals surface area (Å²) in [7, 11) is 0. The van der Waals surface area contributed by atoms with Gasteiger partial charge in [0.1, 0.15) is 0 Å². The molecular weight excluding hydrogens is 409 g/mol. The number of thiophene rings is 1. The minimum atomic E-state index is 0.237. The molecule has 1 nitrogen and oxygen atoms in total. The molecule has 2 rings (SSSR count). The molecule has 102 valence electrons. The van der Waals surface area contributed by atoms with Crippen molar-refractivity contribution in [2.75, 3.05) is 6.54 Å². The third-order valence-corrected chi connectivity index (χ3v) is 5.64. The summed E-state index contributed by atoms with van der Waals surface area (Å²) in [6.07, 6.45) is 0.938. The second-order valence-electron chi connectivity index (χ2n) is 4.17. The maximum Gasteiger partial charge on any atom is 0.0465 e. The molecule has 0 aliphatic rings. The molecule has 1 aromatic carbocycles. The van der Waals surface area contributed by atoms with E-state index in [0.29, 0.717) is 0 Å². The number of nitrogens with one attached hydrogen (secondary N) is 1. The molecule has 1 N–H and O–H groups in total. The van der Waals surface area contributed by atoms with Crippen LogP contribution in [0.5, 0.6) is 0 Å². The van der Waals surface area contributed by atoms with E-state index in [-0.39, 0.29) is 6.04 Å². The van der Waals surface area contributed by atoms with Crippen molar-refractivity contribution in [2.24, 2.45) is 0 Å². The van der Waals surface area contributed by atoms with Crippen molar-refractivity contribution in [2.45, 2.75) is 19.4 Å². The van der Waals surface area contributed by atoms with Crippen LogP contribution < -0.4 is 5.32 Å². The van der Waals surface area contributed by atoms with E-state index in [2.05, 4.69) is 61.6 Å². The van der Waals surface area contributed by atoms with E-state index >= 15 is 0 Å². The predicted octanol–water partition coefficient (Wildman–Crippen LogP) is 5.82. The minimum Gasteiger partial charge on any atom is -0.310 e. The van der Waals surface area contributed by atoms with Crippen molar-refractivity contribution in [3.63, 3.8) is 0 Å². The Balaban J connectivity index is 2.27. The molecule has 0 aliphatic carbocycles. The molecule has 0 fully saturated rings. The second-order valence-corrected chi connectivity index (χ2v) is 7.35. The van der Waals surface area contributed by atoms with Gasteiger partial charge in [-0.1, -0.05) is 40.5 Å². The summed E-state index contributed by atoms with van der Waals surface area (Å²) >= 11 is 15.2. The summed E-state index contributed by atoms with van der Waals surface area (Å²) in [6, 6.07) is 8.40. The van der Waals surface area contributed by atoms with Gasteiger partial charge in [0.05, 0.1) is 0 Å². The van der Waals surface area contributed by atoms with Gasteiger partial charge in [0.25, 0.3) is 0 Å². The van der Waals surface area contributed by atoms with Crippen LogP contribution in [-0.2, 0) is 6.42 Å². The standard InChI is InChI=1S/C14H14Br2ClNS/c1-2-18-13(8-14-11(16)5-6-19-14)10-4-3-9(15)7-12(10)17/h3-7,13,18H,2,8H2,1H3. The molecule has 19 heavy (non-hydrogen) atoms. The van der Waals surface area contributed by atoms with Crippen molar-refractivity contribution >= 4 is 54.8 Å². The molecule has 0 aliphatic heterocycles. The summed E-state index contributed by atoms with van der Waals surface area (Å²) in [5.74, 6) is 0. The van der Waals surface area contributed by atoms with Crippen LogP contribution >= 0.6 is 54.8 Å². The number of likely N-dealkylation sites (N-methyl/N-ethyl adjacent to an activating group) is 1. The molecule has 0 bridgehead atoms. The Labute approximate surface area is 139 Å². The van der Waals surface area contributed by atoms with Gasteiger partial charge in [0.15, 0.2) is 0 Å².